The van der Waals surface area contributed by atoms with Gasteiger partial charge in [-0.3, -0.25) is 0 Å². The van der Waals surface area contributed by atoms with Gasteiger partial charge in [0.15, 0.2) is 0 Å². The molecule has 0 aromatic heterocycles. The van der Waals surface area contributed by atoms with Gasteiger partial charge >= 0.3 is 0 Å². The largest absolute Gasteiger partial charge is 0.384 e. The van der Waals surface area contributed by atoms with Crippen LogP contribution >= 0.6 is 0 Å². The van der Waals surface area contributed by atoms with Crippen LogP contribution in [0.3, 0.4) is 0 Å². The Morgan fingerprint density at radius 2 is 1.40 bits per heavy atom. The standard InChI is InChI=1S/C18H22O2/c1-17(2)14-9-5-7-13-8-6-10-15(16(13)14)18(17,11-19-3)12-20-4/h5-10H,11-12H2,1-4H3. The Kier molecular flexibility index (Phi) is 3.11. The van der Waals surface area contributed by atoms with Gasteiger partial charge in [-0.15, -0.1) is 0 Å². The summed E-state index contributed by atoms with van der Waals surface area (Å²) in [6, 6.07) is 13.2. The molecule has 2 heteroatoms. The predicted octanol–water partition coefficient (Wildman–Crippen LogP) is 3.66. The number of ether oxygens (including phenoxy) is 2. The van der Waals surface area contributed by atoms with Crippen molar-refractivity contribution in [2.45, 2.75) is 24.7 Å². The summed E-state index contributed by atoms with van der Waals surface area (Å²) >= 11 is 0. The zero-order chi connectivity index (χ0) is 14.4. The van der Waals surface area contributed by atoms with Crippen LogP contribution in [-0.4, -0.2) is 27.4 Å². The van der Waals surface area contributed by atoms with Crippen LogP contribution in [0.5, 0.6) is 0 Å². The minimum atomic E-state index is -0.125. The lowest BCUT2D eigenvalue weighted by molar-refractivity contribution is 0.0248. The van der Waals surface area contributed by atoms with E-state index in [0.717, 1.165) is 0 Å². The molecule has 2 aromatic rings. The SMILES string of the molecule is COCC1(COC)c2cccc3cccc(c23)C1(C)C. The van der Waals surface area contributed by atoms with E-state index in [-0.39, 0.29) is 10.8 Å². The van der Waals surface area contributed by atoms with Gasteiger partial charge in [0, 0.05) is 19.6 Å². The molecule has 0 aliphatic heterocycles. The summed E-state index contributed by atoms with van der Waals surface area (Å²) in [6.07, 6.45) is 0. The molecule has 106 valence electrons. The van der Waals surface area contributed by atoms with Crippen molar-refractivity contribution in [1.29, 1.82) is 0 Å². The van der Waals surface area contributed by atoms with E-state index in [2.05, 4.69) is 50.2 Å². The van der Waals surface area contributed by atoms with E-state index in [4.69, 9.17) is 9.47 Å². The van der Waals surface area contributed by atoms with Crippen LogP contribution in [0, 0.1) is 0 Å². The van der Waals surface area contributed by atoms with E-state index in [9.17, 15) is 0 Å². The van der Waals surface area contributed by atoms with Gasteiger partial charge in [-0.25, -0.2) is 0 Å². The van der Waals surface area contributed by atoms with Crippen molar-refractivity contribution in [1.82, 2.24) is 0 Å². The Hall–Kier alpha value is -1.38. The average molecular weight is 270 g/mol. The lowest BCUT2D eigenvalue weighted by atomic mass is 9.64. The number of rotatable bonds is 4. The van der Waals surface area contributed by atoms with Crippen LogP contribution in [0.2, 0.25) is 0 Å². The number of hydrogen-bond acceptors (Lipinski definition) is 2. The summed E-state index contributed by atoms with van der Waals surface area (Å²) in [5.74, 6) is 0. The van der Waals surface area contributed by atoms with Crippen molar-refractivity contribution in [2.75, 3.05) is 27.4 Å². The second-order valence-corrected chi connectivity index (χ2v) is 6.28. The average Bonchev–Trinajstić information content (AvgIpc) is 2.62. The fourth-order valence-electron chi connectivity index (χ4n) is 3.91. The van der Waals surface area contributed by atoms with E-state index >= 15 is 0 Å². The highest BCUT2D eigenvalue weighted by molar-refractivity contribution is 5.94. The lowest BCUT2D eigenvalue weighted by Crippen LogP contribution is -2.48. The maximum atomic E-state index is 5.60. The monoisotopic (exact) mass is 270 g/mol. The second-order valence-electron chi connectivity index (χ2n) is 6.28. The van der Waals surface area contributed by atoms with Crippen LogP contribution in [-0.2, 0) is 20.3 Å². The highest BCUT2D eigenvalue weighted by Gasteiger charge is 2.53. The smallest absolute Gasteiger partial charge is 0.0590 e. The summed E-state index contributed by atoms with van der Waals surface area (Å²) < 4.78 is 11.2. The molecule has 0 atom stereocenters. The molecule has 0 unspecified atom stereocenters. The molecule has 1 aliphatic rings. The van der Waals surface area contributed by atoms with Gasteiger partial charge in [-0.2, -0.15) is 0 Å². The maximum absolute atomic E-state index is 5.60. The molecule has 3 rings (SSSR count). The fraction of sp³-hybridized carbons (Fsp3) is 0.444. The molecule has 1 aliphatic carbocycles. The quantitative estimate of drug-likeness (QED) is 0.844. The second kappa shape index (κ2) is 4.57. The first-order chi connectivity index (χ1) is 9.58. The fourth-order valence-corrected chi connectivity index (χ4v) is 3.91. The molecule has 0 bridgehead atoms. The first kappa shape index (κ1) is 13.6. The highest BCUT2D eigenvalue weighted by atomic mass is 16.5. The van der Waals surface area contributed by atoms with Crippen molar-refractivity contribution < 1.29 is 9.47 Å². The van der Waals surface area contributed by atoms with Crippen LogP contribution in [0.1, 0.15) is 25.0 Å². The van der Waals surface area contributed by atoms with Crippen molar-refractivity contribution in [3.8, 4) is 0 Å². The number of hydrogen-bond donors (Lipinski definition) is 0. The van der Waals surface area contributed by atoms with Crippen molar-refractivity contribution in [3.05, 3.63) is 47.5 Å². The third kappa shape index (κ3) is 1.52. The van der Waals surface area contributed by atoms with Crippen molar-refractivity contribution in [2.24, 2.45) is 0 Å². The van der Waals surface area contributed by atoms with Crippen LogP contribution in [0.25, 0.3) is 10.8 Å². The topological polar surface area (TPSA) is 18.5 Å². The Morgan fingerprint density at radius 1 is 0.850 bits per heavy atom. The van der Waals surface area contributed by atoms with Gasteiger partial charge in [0.25, 0.3) is 0 Å². The molecule has 20 heavy (non-hydrogen) atoms. The molecule has 0 saturated heterocycles. The number of benzene rings is 2. The van der Waals surface area contributed by atoms with E-state index in [1.54, 1.807) is 14.2 Å². The van der Waals surface area contributed by atoms with Crippen LogP contribution in [0.15, 0.2) is 36.4 Å². The van der Waals surface area contributed by atoms with Gasteiger partial charge in [-0.05, 0) is 21.9 Å². The van der Waals surface area contributed by atoms with Gasteiger partial charge in [-0.1, -0.05) is 50.2 Å². The highest BCUT2D eigenvalue weighted by Crippen LogP contribution is 2.54. The van der Waals surface area contributed by atoms with Crippen molar-refractivity contribution in [3.63, 3.8) is 0 Å². The van der Waals surface area contributed by atoms with Crippen molar-refractivity contribution >= 4 is 10.8 Å². The van der Waals surface area contributed by atoms with E-state index in [1.165, 1.54) is 21.9 Å². The first-order valence-electron chi connectivity index (χ1n) is 7.09. The predicted molar refractivity (Wildman–Crippen MR) is 82.4 cm³/mol. The maximum Gasteiger partial charge on any atom is 0.0590 e. The summed E-state index contributed by atoms with van der Waals surface area (Å²) in [7, 11) is 3.55. The molecule has 0 N–H and O–H groups in total. The van der Waals surface area contributed by atoms with Gasteiger partial charge in [0.2, 0.25) is 0 Å². The van der Waals surface area contributed by atoms with E-state index < -0.39 is 0 Å². The zero-order valence-corrected chi connectivity index (χ0v) is 12.7. The molecule has 0 fully saturated rings. The third-order valence-corrected chi connectivity index (χ3v) is 5.07. The van der Waals surface area contributed by atoms with E-state index in [1.807, 2.05) is 0 Å². The molecule has 0 saturated carbocycles. The molecule has 0 spiro atoms. The van der Waals surface area contributed by atoms with Crippen LogP contribution in [0.4, 0.5) is 0 Å². The Bertz CT molecular complexity index is 632. The van der Waals surface area contributed by atoms with Crippen LogP contribution < -0.4 is 0 Å². The van der Waals surface area contributed by atoms with Gasteiger partial charge < -0.3 is 9.47 Å². The minimum absolute atomic E-state index is 0.0117. The van der Waals surface area contributed by atoms with E-state index in [0.29, 0.717) is 13.2 Å². The first-order valence-corrected chi connectivity index (χ1v) is 7.09. The molecule has 0 radical (unpaired) electrons. The molecular formula is C18H22O2. The Morgan fingerprint density at radius 3 is 1.95 bits per heavy atom. The molecule has 0 heterocycles. The third-order valence-electron chi connectivity index (χ3n) is 5.07. The number of methoxy groups -OCH3 is 2. The summed E-state index contributed by atoms with van der Waals surface area (Å²) in [5, 5.41) is 2.69. The van der Waals surface area contributed by atoms with Gasteiger partial charge in [0.05, 0.1) is 18.6 Å². The Balaban J connectivity index is 2.36. The minimum Gasteiger partial charge on any atom is -0.384 e. The lowest BCUT2D eigenvalue weighted by Gasteiger charge is -2.42. The van der Waals surface area contributed by atoms with Gasteiger partial charge in [0.1, 0.15) is 0 Å². The molecule has 2 aromatic carbocycles. The molecule has 2 nitrogen and oxygen atoms in total. The molecule has 0 amide bonds. The summed E-state index contributed by atoms with van der Waals surface area (Å²) in [4.78, 5) is 0. The summed E-state index contributed by atoms with van der Waals surface area (Å²) in [5.41, 5.74) is 2.63. The normalized spacial score (nSPS) is 18.6. The Labute approximate surface area is 120 Å². The molecular weight excluding hydrogens is 248 g/mol. The zero-order valence-electron chi connectivity index (χ0n) is 12.7. The summed E-state index contributed by atoms with van der Waals surface area (Å²) in [6.45, 7) is 5.95.